The molecule has 2 heterocycles. The van der Waals surface area contributed by atoms with E-state index in [1.54, 1.807) is 29.4 Å². The maximum atomic E-state index is 13.3. The number of carbonyl (C=O) groups is 1. The Balaban J connectivity index is 1.74. The van der Waals surface area contributed by atoms with Crippen LogP contribution in [0.25, 0.3) is 5.69 Å². The van der Waals surface area contributed by atoms with Crippen LogP contribution >= 0.6 is 15.9 Å². The molecule has 0 amide bonds. The van der Waals surface area contributed by atoms with Crippen LogP contribution < -0.4 is 0 Å². The molecule has 7 heteroatoms. The van der Waals surface area contributed by atoms with Crippen molar-refractivity contribution in [2.24, 2.45) is 4.99 Å². The van der Waals surface area contributed by atoms with Crippen molar-refractivity contribution in [2.45, 2.75) is 0 Å². The van der Waals surface area contributed by atoms with Crippen LogP contribution in [0.1, 0.15) is 16.1 Å². The molecular weight excluding hydrogens is 420 g/mol. The van der Waals surface area contributed by atoms with Gasteiger partial charge < -0.3 is 9.64 Å². The summed E-state index contributed by atoms with van der Waals surface area (Å²) in [6, 6.07) is 16.9. The van der Waals surface area contributed by atoms with E-state index in [-0.39, 0.29) is 5.78 Å². The third kappa shape index (κ3) is 4.05. The van der Waals surface area contributed by atoms with Gasteiger partial charge in [-0.3, -0.25) is 9.36 Å². The number of hydrogen-bond acceptors (Lipinski definition) is 4. The molecule has 0 aliphatic carbocycles. The average Bonchev–Trinajstić information content (AvgIpc) is 3.17. The van der Waals surface area contributed by atoms with Gasteiger partial charge in [0.1, 0.15) is 12.0 Å². The summed E-state index contributed by atoms with van der Waals surface area (Å²) in [6.07, 6.45) is 3.39. The van der Waals surface area contributed by atoms with Crippen molar-refractivity contribution >= 4 is 33.9 Å². The Morgan fingerprint density at radius 3 is 2.50 bits per heavy atom. The molecule has 1 fully saturated rings. The van der Waals surface area contributed by atoms with Crippen LogP contribution in [0.5, 0.6) is 0 Å². The van der Waals surface area contributed by atoms with Gasteiger partial charge in [0, 0.05) is 28.8 Å². The Morgan fingerprint density at radius 1 is 1.07 bits per heavy atom. The number of ether oxygens (including phenoxy) is 1. The molecule has 0 spiro atoms. The fourth-order valence-corrected chi connectivity index (χ4v) is 3.26. The molecule has 1 aromatic heterocycles. The van der Waals surface area contributed by atoms with E-state index in [4.69, 9.17) is 4.74 Å². The molecule has 2 aromatic carbocycles. The highest BCUT2D eigenvalue weighted by Crippen LogP contribution is 2.25. The lowest BCUT2D eigenvalue weighted by Crippen LogP contribution is -2.35. The summed E-state index contributed by atoms with van der Waals surface area (Å²) in [6.45, 7) is 2.90. The second-order valence-electron chi connectivity index (χ2n) is 6.35. The zero-order valence-corrected chi connectivity index (χ0v) is 16.7. The van der Waals surface area contributed by atoms with Gasteiger partial charge in [-0.25, -0.2) is 9.98 Å². The van der Waals surface area contributed by atoms with Crippen molar-refractivity contribution in [3.05, 3.63) is 76.7 Å². The number of aliphatic imine (C=N–C) groups is 1. The van der Waals surface area contributed by atoms with Crippen LogP contribution in [0.2, 0.25) is 0 Å². The number of imidazole rings is 1. The van der Waals surface area contributed by atoms with Gasteiger partial charge >= 0.3 is 0 Å². The Hall–Kier alpha value is -2.77. The van der Waals surface area contributed by atoms with Gasteiger partial charge in [0.15, 0.2) is 5.82 Å². The van der Waals surface area contributed by atoms with Crippen LogP contribution in [0, 0.1) is 0 Å². The predicted molar refractivity (Wildman–Crippen MR) is 112 cm³/mol. The Kier molecular flexibility index (Phi) is 5.64. The molecule has 0 unspecified atom stereocenters. The van der Waals surface area contributed by atoms with Crippen LogP contribution in [-0.4, -0.2) is 52.9 Å². The first kappa shape index (κ1) is 18.6. The van der Waals surface area contributed by atoms with E-state index in [0.717, 1.165) is 23.2 Å². The summed E-state index contributed by atoms with van der Waals surface area (Å²) in [4.78, 5) is 24.3. The van der Waals surface area contributed by atoms with Gasteiger partial charge in [-0.2, -0.15) is 0 Å². The van der Waals surface area contributed by atoms with Gasteiger partial charge in [0.05, 0.1) is 19.6 Å². The minimum atomic E-state index is -0.116. The number of carbonyl (C=O) groups excluding carboxylic acids is 1. The number of ketones is 1. The van der Waals surface area contributed by atoms with E-state index >= 15 is 0 Å². The van der Waals surface area contributed by atoms with Gasteiger partial charge in [-0.05, 0) is 24.3 Å². The molecule has 142 valence electrons. The lowest BCUT2D eigenvalue weighted by Gasteiger charge is -2.23. The molecule has 28 heavy (non-hydrogen) atoms. The smallest absolute Gasteiger partial charge is 0.213 e. The molecule has 1 aliphatic rings. The van der Waals surface area contributed by atoms with E-state index in [1.807, 2.05) is 42.5 Å². The summed E-state index contributed by atoms with van der Waals surface area (Å²) in [5, 5.41) is 0. The number of halogens is 1. The Morgan fingerprint density at radius 2 is 1.79 bits per heavy atom. The third-order valence-electron chi connectivity index (χ3n) is 4.49. The quantitative estimate of drug-likeness (QED) is 0.344. The number of aromatic nitrogens is 2. The Bertz CT molecular complexity index is 977. The number of hydrogen-bond donors (Lipinski definition) is 0. The van der Waals surface area contributed by atoms with Crippen molar-refractivity contribution in [3.8, 4) is 5.69 Å². The number of rotatable bonds is 5. The maximum absolute atomic E-state index is 13.3. The molecular formula is C21H19BrN4O2. The van der Waals surface area contributed by atoms with E-state index in [2.05, 4.69) is 30.8 Å². The van der Waals surface area contributed by atoms with E-state index in [9.17, 15) is 4.79 Å². The highest BCUT2D eigenvalue weighted by atomic mass is 79.9. The van der Waals surface area contributed by atoms with Crippen LogP contribution in [0.3, 0.4) is 0 Å². The SMILES string of the molecule is O=C(c1ccccc1)c1c(N=CN2CCOCC2)ncn1-c1ccc(Br)cc1. The van der Waals surface area contributed by atoms with Crippen LogP contribution in [0.4, 0.5) is 5.82 Å². The standard InChI is InChI=1S/C21H19BrN4O2/c22-17-6-8-18(9-7-17)26-15-24-21(23-14-25-10-12-28-13-11-25)19(26)20(27)16-4-2-1-3-5-16/h1-9,14-15H,10-13H2. The van der Waals surface area contributed by atoms with Crippen molar-refractivity contribution < 1.29 is 9.53 Å². The van der Waals surface area contributed by atoms with Crippen molar-refractivity contribution in [2.75, 3.05) is 26.3 Å². The van der Waals surface area contributed by atoms with Crippen LogP contribution in [0.15, 0.2) is 70.4 Å². The number of benzene rings is 2. The summed E-state index contributed by atoms with van der Waals surface area (Å²) < 4.78 is 8.12. The van der Waals surface area contributed by atoms with E-state index in [1.165, 1.54) is 0 Å². The lowest BCUT2D eigenvalue weighted by molar-refractivity contribution is 0.0701. The highest BCUT2D eigenvalue weighted by molar-refractivity contribution is 9.10. The Labute approximate surface area is 171 Å². The first-order valence-corrected chi connectivity index (χ1v) is 9.81. The van der Waals surface area contributed by atoms with Gasteiger partial charge in [0.2, 0.25) is 5.78 Å². The number of nitrogens with zero attached hydrogens (tertiary/aromatic N) is 4. The molecule has 0 atom stereocenters. The molecule has 6 nitrogen and oxygen atoms in total. The van der Waals surface area contributed by atoms with Gasteiger partial charge in [-0.15, -0.1) is 0 Å². The summed E-state index contributed by atoms with van der Waals surface area (Å²) in [5.74, 6) is 0.290. The van der Waals surface area contributed by atoms with E-state index in [0.29, 0.717) is 30.3 Å². The topological polar surface area (TPSA) is 59.7 Å². The van der Waals surface area contributed by atoms with Crippen molar-refractivity contribution in [1.29, 1.82) is 0 Å². The molecule has 3 aromatic rings. The fourth-order valence-electron chi connectivity index (χ4n) is 3.00. The summed E-state index contributed by atoms with van der Waals surface area (Å²) in [5.41, 5.74) is 1.89. The molecule has 0 saturated carbocycles. The summed E-state index contributed by atoms with van der Waals surface area (Å²) >= 11 is 3.45. The fraction of sp³-hybridized carbons (Fsp3) is 0.190. The van der Waals surface area contributed by atoms with Crippen molar-refractivity contribution in [3.63, 3.8) is 0 Å². The maximum Gasteiger partial charge on any atom is 0.213 e. The number of morpholine rings is 1. The normalized spacial score (nSPS) is 14.5. The monoisotopic (exact) mass is 438 g/mol. The minimum Gasteiger partial charge on any atom is -0.378 e. The second kappa shape index (κ2) is 8.50. The third-order valence-corrected chi connectivity index (χ3v) is 5.02. The van der Waals surface area contributed by atoms with E-state index < -0.39 is 0 Å². The molecule has 0 radical (unpaired) electrons. The predicted octanol–water partition coefficient (Wildman–Crippen LogP) is 3.86. The zero-order chi connectivity index (χ0) is 19.3. The zero-order valence-electron chi connectivity index (χ0n) is 15.2. The molecule has 1 saturated heterocycles. The van der Waals surface area contributed by atoms with Gasteiger partial charge in [0.25, 0.3) is 0 Å². The highest BCUT2D eigenvalue weighted by Gasteiger charge is 2.21. The van der Waals surface area contributed by atoms with Gasteiger partial charge in [-0.1, -0.05) is 46.3 Å². The van der Waals surface area contributed by atoms with Crippen LogP contribution in [-0.2, 0) is 4.74 Å². The molecule has 0 bridgehead atoms. The first-order chi connectivity index (χ1) is 13.7. The molecule has 4 rings (SSSR count). The van der Waals surface area contributed by atoms with Crippen molar-refractivity contribution in [1.82, 2.24) is 14.5 Å². The minimum absolute atomic E-state index is 0.116. The summed E-state index contributed by atoms with van der Waals surface area (Å²) in [7, 11) is 0. The lowest BCUT2D eigenvalue weighted by atomic mass is 10.1. The first-order valence-electron chi connectivity index (χ1n) is 9.01. The largest absolute Gasteiger partial charge is 0.378 e. The molecule has 1 aliphatic heterocycles. The molecule has 0 N–H and O–H groups in total. The second-order valence-corrected chi connectivity index (χ2v) is 7.27. The average molecular weight is 439 g/mol.